The highest BCUT2D eigenvalue weighted by Gasteiger charge is 2.19. The van der Waals surface area contributed by atoms with Gasteiger partial charge in [-0.25, -0.2) is 8.78 Å². The van der Waals surface area contributed by atoms with Crippen LogP contribution in [0.15, 0.2) is 36.4 Å². The SMILES string of the molecule is CCN(C(=O)c1cc(C)ccc1C)c1ccc(F)c(F)c1. The normalized spacial score (nSPS) is 10.5. The predicted molar refractivity (Wildman–Crippen MR) is 79.6 cm³/mol. The van der Waals surface area contributed by atoms with Gasteiger partial charge in [0.1, 0.15) is 0 Å². The molecule has 0 aliphatic rings. The minimum Gasteiger partial charge on any atom is -0.309 e. The Morgan fingerprint density at radius 3 is 2.38 bits per heavy atom. The van der Waals surface area contributed by atoms with Gasteiger partial charge >= 0.3 is 0 Å². The number of carbonyl (C=O) groups is 1. The lowest BCUT2D eigenvalue weighted by molar-refractivity contribution is 0.0987. The Balaban J connectivity index is 2.43. The van der Waals surface area contributed by atoms with E-state index in [2.05, 4.69) is 0 Å². The average Bonchev–Trinajstić information content (AvgIpc) is 2.46. The molecule has 0 aromatic heterocycles. The van der Waals surface area contributed by atoms with Crippen molar-refractivity contribution in [2.24, 2.45) is 0 Å². The predicted octanol–water partition coefficient (Wildman–Crippen LogP) is 4.25. The third kappa shape index (κ3) is 3.10. The Morgan fingerprint density at radius 2 is 1.76 bits per heavy atom. The van der Waals surface area contributed by atoms with Crippen LogP contribution in [0.4, 0.5) is 14.5 Å². The summed E-state index contributed by atoms with van der Waals surface area (Å²) in [6, 6.07) is 9.10. The molecule has 1 amide bonds. The maximum Gasteiger partial charge on any atom is 0.258 e. The van der Waals surface area contributed by atoms with Crippen LogP contribution < -0.4 is 4.90 Å². The first kappa shape index (κ1) is 15.2. The van der Waals surface area contributed by atoms with Crippen LogP contribution >= 0.6 is 0 Å². The van der Waals surface area contributed by atoms with Gasteiger partial charge < -0.3 is 4.90 Å². The first-order chi connectivity index (χ1) is 9.93. The molecule has 0 unspecified atom stereocenters. The number of nitrogens with zero attached hydrogens (tertiary/aromatic N) is 1. The molecule has 110 valence electrons. The molecule has 2 aromatic carbocycles. The van der Waals surface area contributed by atoms with Gasteiger partial charge in [0.25, 0.3) is 5.91 Å². The van der Waals surface area contributed by atoms with Crippen LogP contribution in [-0.2, 0) is 0 Å². The number of hydrogen-bond donors (Lipinski definition) is 0. The molecule has 0 heterocycles. The number of hydrogen-bond acceptors (Lipinski definition) is 1. The molecule has 21 heavy (non-hydrogen) atoms. The number of carbonyl (C=O) groups excluding carboxylic acids is 1. The van der Waals surface area contributed by atoms with E-state index in [-0.39, 0.29) is 5.91 Å². The van der Waals surface area contributed by atoms with E-state index in [9.17, 15) is 13.6 Å². The number of rotatable bonds is 3. The lowest BCUT2D eigenvalue weighted by atomic mass is 10.0. The summed E-state index contributed by atoms with van der Waals surface area (Å²) >= 11 is 0. The largest absolute Gasteiger partial charge is 0.309 e. The number of anilines is 1. The molecular weight excluding hydrogens is 272 g/mol. The molecule has 0 radical (unpaired) electrons. The highest BCUT2D eigenvalue weighted by atomic mass is 19.2. The standard InChI is InChI=1S/C17H17F2NO/c1-4-20(13-7-8-15(18)16(19)10-13)17(21)14-9-11(2)5-6-12(14)3/h5-10H,4H2,1-3H3. The number of halogens is 2. The molecule has 0 N–H and O–H groups in total. The van der Waals surface area contributed by atoms with Gasteiger partial charge in [-0.3, -0.25) is 4.79 Å². The third-order valence-corrected chi connectivity index (χ3v) is 3.40. The zero-order valence-electron chi connectivity index (χ0n) is 12.3. The van der Waals surface area contributed by atoms with Crippen molar-refractivity contribution in [1.29, 1.82) is 0 Å². The summed E-state index contributed by atoms with van der Waals surface area (Å²) < 4.78 is 26.4. The summed E-state index contributed by atoms with van der Waals surface area (Å²) in [6.07, 6.45) is 0. The quantitative estimate of drug-likeness (QED) is 0.827. The van der Waals surface area contributed by atoms with Crippen molar-refractivity contribution in [2.45, 2.75) is 20.8 Å². The maximum absolute atomic E-state index is 13.4. The van der Waals surface area contributed by atoms with E-state index in [1.165, 1.54) is 11.0 Å². The summed E-state index contributed by atoms with van der Waals surface area (Å²) in [7, 11) is 0. The van der Waals surface area contributed by atoms with Crippen molar-refractivity contribution in [3.8, 4) is 0 Å². The fourth-order valence-electron chi connectivity index (χ4n) is 2.21. The Morgan fingerprint density at radius 1 is 1.05 bits per heavy atom. The van der Waals surface area contributed by atoms with Crippen molar-refractivity contribution >= 4 is 11.6 Å². The molecule has 0 aliphatic heterocycles. The molecule has 0 bridgehead atoms. The van der Waals surface area contributed by atoms with Crippen LogP contribution in [0.5, 0.6) is 0 Å². The van der Waals surface area contributed by atoms with E-state index in [0.29, 0.717) is 17.8 Å². The van der Waals surface area contributed by atoms with E-state index < -0.39 is 11.6 Å². The Kier molecular flexibility index (Phi) is 4.36. The van der Waals surface area contributed by atoms with Gasteiger partial charge in [-0.2, -0.15) is 0 Å². The molecule has 0 atom stereocenters. The minimum absolute atomic E-state index is 0.218. The smallest absolute Gasteiger partial charge is 0.258 e. The monoisotopic (exact) mass is 289 g/mol. The fourth-order valence-corrected chi connectivity index (χ4v) is 2.21. The number of benzene rings is 2. The van der Waals surface area contributed by atoms with Crippen LogP contribution in [0.1, 0.15) is 28.4 Å². The first-order valence-electron chi connectivity index (χ1n) is 6.78. The lowest BCUT2D eigenvalue weighted by Gasteiger charge is -2.22. The van der Waals surface area contributed by atoms with Crippen molar-refractivity contribution in [3.05, 3.63) is 64.7 Å². The third-order valence-electron chi connectivity index (χ3n) is 3.40. The van der Waals surface area contributed by atoms with E-state index in [4.69, 9.17) is 0 Å². The summed E-state index contributed by atoms with van der Waals surface area (Å²) in [6.45, 7) is 5.93. The van der Waals surface area contributed by atoms with E-state index in [1.54, 1.807) is 13.0 Å². The van der Waals surface area contributed by atoms with E-state index >= 15 is 0 Å². The summed E-state index contributed by atoms with van der Waals surface area (Å²) in [5.41, 5.74) is 2.75. The van der Waals surface area contributed by atoms with Gasteiger partial charge in [-0.05, 0) is 44.5 Å². The van der Waals surface area contributed by atoms with Crippen molar-refractivity contribution in [1.82, 2.24) is 0 Å². The fraction of sp³-hybridized carbons (Fsp3) is 0.235. The van der Waals surface area contributed by atoms with Gasteiger partial charge in [-0.1, -0.05) is 17.7 Å². The average molecular weight is 289 g/mol. The molecular formula is C17H17F2NO. The van der Waals surface area contributed by atoms with Crippen molar-refractivity contribution in [3.63, 3.8) is 0 Å². The molecule has 2 aromatic rings. The van der Waals surface area contributed by atoms with Gasteiger partial charge in [-0.15, -0.1) is 0 Å². The van der Waals surface area contributed by atoms with Crippen molar-refractivity contribution in [2.75, 3.05) is 11.4 Å². The maximum atomic E-state index is 13.4. The molecule has 2 nitrogen and oxygen atoms in total. The molecule has 0 fully saturated rings. The molecule has 4 heteroatoms. The summed E-state index contributed by atoms with van der Waals surface area (Å²) in [5, 5.41) is 0. The minimum atomic E-state index is -0.959. The Bertz CT molecular complexity index is 682. The summed E-state index contributed by atoms with van der Waals surface area (Å²) in [4.78, 5) is 14.1. The molecule has 0 spiro atoms. The van der Waals surface area contributed by atoms with E-state index in [0.717, 1.165) is 23.3 Å². The molecule has 0 saturated heterocycles. The Hall–Kier alpha value is -2.23. The second-order valence-electron chi connectivity index (χ2n) is 4.97. The molecule has 0 saturated carbocycles. The van der Waals surface area contributed by atoms with Crippen LogP contribution in [0.3, 0.4) is 0 Å². The van der Waals surface area contributed by atoms with Crippen LogP contribution in [-0.4, -0.2) is 12.5 Å². The highest BCUT2D eigenvalue weighted by Crippen LogP contribution is 2.21. The second kappa shape index (κ2) is 6.04. The summed E-state index contributed by atoms with van der Waals surface area (Å²) in [5.74, 6) is -2.10. The Labute approximate surface area is 123 Å². The van der Waals surface area contributed by atoms with Gasteiger partial charge in [0, 0.05) is 23.9 Å². The van der Waals surface area contributed by atoms with E-state index in [1.807, 2.05) is 26.0 Å². The highest BCUT2D eigenvalue weighted by molar-refractivity contribution is 6.07. The van der Waals surface area contributed by atoms with Gasteiger partial charge in [0.2, 0.25) is 0 Å². The van der Waals surface area contributed by atoms with Crippen molar-refractivity contribution < 1.29 is 13.6 Å². The lowest BCUT2D eigenvalue weighted by Crippen LogP contribution is -2.31. The second-order valence-corrected chi connectivity index (χ2v) is 4.97. The van der Waals surface area contributed by atoms with Gasteiger partial charge in [0.15, 0.2) is 11.6 Å². The number of amides is 1. The molecule has 2 rings (SSSR count). The van der Waals surface area contributed by atoms with Crippen LogP contribution in [0, 0.1) is 25.5 Å². The zero-order chi connectivity index (χ0) is 15.6. The zero-order valence-corrected chi connectivity index (χ0v) is 12.3. The van der Waals surface area contributed by atoms with Gasteiger partial charge in [0.05, 0.1) is 0 Å². The molecule has 0 aliphatic carbocycles. The van der Waals surface area contributed by atoms with Crippen LogP contribution in [0.25, 0.3) is 0 Å². The first-order valence-corrected chi connectivity index (χ1v) is 6.78. The van der Waals surface area contributed by atoms with Crippen LogP contribution in [0.2, 0.25) is 0 Å². The number of aryl methyl sites for hydroxylation is 2. The topological polar surface area (TPSA) is 20.3 Å².